The zero-order valence-corrected chi connectivity index (χ0v) is 19.0. The lowest BCUT2D eigenvalue weighted by atomic mass is 9.84. The van der Waals surface area contributed by atoms with Crippen LogP contribution in [0.5, 0.6) is 5.75 Å². The molecule has 32 heavy (non-hydrogen) atoms. The summed E-state index contributed by atoms with van der Waals surface area (Å²) in [6.07, 6.45) is 2.75. The lowest BCUT2D eigenvalue weighted by molar-refractivity contribution is -0.125. The minimum atomic E-state index is -0.456. The Kier molecular flexibility index (Phi) is 5.26. The number of amides is 1. The number of carbonyl (C=O) groups excluding carboxylic acids is 1. The van der Waals surface area contributed by atoms with Gasteiger partial charge in [0.05, 0.1) is 13.8 Å². The minimum absolute atomic E-state index is 0. The maximum absolute atomic E-state index is 13.0. The second-order valence-electron chi connectivity index (χ2n) is 8.94. The summed E-state index contributed by atoms with van der Waals surface area (Å²) >= 11 is 0. The van der Waals surface area contributed by atoms with E-state index >= 15 is 0 Å². The van der Waals surface area contributed by atoms with Crippen molar-refractivity contribution in [2.45, 2.75) is 30.8 Å². The second kappa shape index (κ2) is 7.98. The number of methoxy groups -OCH3 is 1. The monoisotopic (exact) mass is 449 g/mol. The van der Waals surface area contributed by atoms with Crippen LogP contribution in [0.1, 0.15) is 30.0 Å². The zero-order valence-electron chi connectivity index (χ0n) is 18.2. The smallest absolute Gasteiger partial charge is 0.247 e. The molecule has 2 heterocycles. The third-order valence-corrected chi connectivity index (χ3v) is 7.58. The van der Waals surface area contributed by atoms with Gasteiger partial charge in [-0.05, 0) is 65.4 Å². The van der Waals surface area contributed by atoms with E-state index in [0.29, 0.717) is 12.7 Å². The standard InChI is InChI=1S/C26H27N3O2.ClH/c1-31-21-10-8-20(9-11-21)29-17-27-25(30)26(29)12-14-28(15-13-26)23-16-19-6-2-4-18-5-3-7-22(23)24(18)19;/h2-11,23H,12-17H2,1H3,(H,27,30);1H. The number of rotatable bonds is 3. The van der Waals surface area contributed by atoms with Gasteiger partial charge in [-0.15, -0.1) is 12.4 Å². The fraction of sp³-hybridized carbons (Fsp3) is 0.346. The number of ether oxygens (including phenoxy) is 1. The summed E-state index contributed by atoms with van der Waals surface area (Å²) in [5.41, 5.74) is 3.53. The van der Waals surface area contributed by atoms with Crippen LogP contribution in [0.25, 0.3) is 10.8 Å². The molecule has 0 saturated carbocycles. The molecule has 1 amide bonds. The van der Waals surface area contributed by atoms with Crippen molar-refractivity contribution < 1.29 is 9.53 Å². The maximum atomic E-state index is 13.0. The predicted molar refractivity (Wildman–Crippen MR) is 130 cm³/mol. The molecule has 5 nitrogen and oxygen atoms in total. The summed E-state index contributed by atoms with van der Waals surface area (Å²) in [6.45, 7) is 2.42. The highest BCUT2D eigenvalue weighted by atomic mass is 35.5. The molecule has 2 saturated heterocycles. The zero-order chi connectivity index (χ0) is 21.0. The molecule has 2 aliphatic heterocycles. The number of halogens is 1. The Labute approximate surface area is 194 Å². The van der Waals surface area contributed by atoms with Gasteiger partial charge in [0, 0.05) is 24.8 Å². The Balaban J connectivity index is 0.00000216. The fourth-order valence-electron chi connectivity index (χ4n) is 5.93. The molecular weight excluding hydrogens is 422 g/mol. The van der Waals surface area contributed by atoms with E-state index in [1.54, 1.807) is 7.11 Å². The number of nitrogens with one attached hydrogen (secondary N) is 1. The highest BCUT2D eigenvalue weighted by Gasteiger charge is 2.51. The second-order valence-corrected chi connectivity index (χ2v) is 8.94. The van der Waals surface area contributed by atoms with E-state index in [9.17, 15) is 4.79 Å². The third-order valence-electron chi connectivity index (χ3n) is 7.58. The van der Waals surface area contributed by atoms with Crippen LogP contribution in [0.4, 0.5) is 5.69 Å². The number of benzene rings is 3. The minimum Gasteiger partial charge on any atom is -0.497 e. The molecule has 1 atom stereocenters. The SMILES string of the molecule is COc1ccc(N2CNC(=O)C23CCN(C2Cc4cccc5cccc2c45)CC3)cc1.Cl. The van der Waals surface area contributed by atoms with Crippen LogP contribution in [0.2, 0.25) is 0 Å². The largest absolute Gasteiger partial charge is 0.497 e. The summed E-state index contributed by atoms with van der Waals surface area (Å²) in [6, 6.07) is 21.8. The van der Waals surface area contributed by atoms with Crippen LogP contribution >= 0.6 is 12.4 Å². The first kappa shape index (κ1) is 21.1. The molecule has 3 aromatic rings. The van der Waals surface area contributed by atoms with Crippen molar-refractivity contribution in [1.29, 1.82) is 0 Å². The number of likely N-dealkylation sites (tertiary alicyclic amines) is 1. The van der Waals surface area contributed by atoms with E-state index in [-0.39, 0.29) is 18.3 Å². The summed E-state index contributed by atoms with van der Waals surface area (Å²) in [7, 11) is 1.68. The lowest BCUT2D eigenvalue weighted by Crippen LogP contribution is -2.56. The van der Waals surface area contributed by atoms with Crippen molar-refractivity contribution in [2.75, 3.05) is 31.8 Å². The van der Waals surface area contributed by atoms with E-state index < -0.39 is 5.54 Å². The molecule has 166 valence electrons. The van der Waals surface area contributed by atoms with Crippen molar-refractivity contribution in [2.24, 2.45) is 0 Å². The van der Waals surface area contributed by atoms with Crippen molar-refractivity contribution in [3.05, 3.63) is 71.8 Å². The van der Waals surface area contributed by atoms with Crippen molar-refractivity contribution in [3.63, 3.8) is 0 Å². The molecule has 6 heteroatoms. The summed E-state index contributed by atoms with van der Waals surface area (Å²) in [5.74, 6) is 1.00. The molecule has 0 radical (unpaired) electrons. The average Bonchev–Trinajstić information content (AvgIpc) is 3.35. The number of hydrogen-bond acceptors (Lipinski definition) is 4. The number of nitrogens with zero attached hydrogens (tertiary/aromatic N) is 2. The Morgan fingerprint density at radius 3 is 2.44 bits per heavy atom. The van der Waals surface area contributed by atoms with Gasteiger partial charge in [0.25, 0.3) is 0 Å². The quantitative estimate of drug-likeness (QED) is 0.647. The molecule has 0 aromatic heterocycles. The Bertz CT molecular complexity index is 1150. The van der Waals surface area contributed by atoms with Crippen molar-refractivity contribution in [1.82, 2.24) is 10.2 Å². The molecule has 3 aromatic carbocycles. The Morgan fingerprint density at radius 2 is 1.72 bits per heavy atom. The number of anilines is 1. The predicted octanol–water partition coefficient (Wildman–Crippen LogP) is 4.30. The molecule has 2 fully saturated rings. The maximum Gasteiger partial charge on any atom is 0.247 e. The van der Waals surface area contributed by atoms with E-state index in [4.69, 9.17) is 4.74 Å². The van der Waals surface area contributed by atoms with Crippen LogP contribution in [0, 0.1) is 0 Å². The first-order valence-electron chi connectivity index (χ1n) is 11.1. The lowest BCUT2D eigenvalue weighted by Gasteiger charge is -2.45. The van der Waals surface area contributed by atoms with E-state index in [1.165, 1.54) is 21.9 Å². The number of piperidine rings is 1. The molecule has 1 spiro atoms. The topological polar surface area (TPSA) is 44.8 Å². The molecule has 3 aliphatic rings. The van der Waals surface area contributed by atoms with Crippen LogP contribution in [-0.2, 0) is 11.2 Å². The molecule has 1 unspecified atom stereocenters. The average molecular weight is 450 g/mol. The van der Waals surface area contributed by atoms with Gasteiger partial charge in [0.2, 0.25) is 5.91 Å². The van der Waals surface area contributed by atoms with Crippen LogP contribution < -0.4 is 15.0 Å². The first-order valence-corrected chi connectivity index (χ1v) is 11.1. The summed E-state index contributed by atoms with van der Waals surface area (Å²) in [5, 5.41) is 5.89. The highest BCUT2D eigenvalue weighted by molar-refractivity contribution is 5.94. The molecule has 1 N–H and O–H groups in total. The van der Waals surface area contributed by atoms with Gasteiger partial charge in [-0.3, -0.25) is 9.69 Å². The third kappa shape index (κ3) is 3.06. The van der Waals surface area contributed by atoms with Gasteiger partial charge in [-0.25, -0.2) is 0 Å². The van der Waals surface area contributed by atoms with E-state index in [1.807, 2.05) is 12.1 Å². The number of hydrogen-bond donors (Lipinski definition) is 1. The Morgan fingerprint density at radius 1 is 1.00 bits per heavy atom. The van der Waals surface area contributed by atoms with Gasteiger partial charge in [-0.2, -0.15) is 0 Å². The van der Waals surface area contributed by atoms with E-state index in [0.717, 1.165) is 43.8 Å². The van der Waals surface area contributed by atoms with E-state index in [2.05, 4.69) is 63.6 Å². The van der Waals surface area contributed by atoms with Crippen molar-refractivity contribution in [3.8, 4) is 5.75 Å². The summed E-state index contributed by atoms with van der Waals surface area (Å²) < 4.78 is 5.30. The van der Waals surface area contributed by atoms with Gasteiger partial charge in [0.1, 0.15) is 11.3 Å². The van der Waals surface area contributed by atoms with Crippen LogP contribution in [0.15, 0.2) is 60.7 Å². The van der Waals surface area contributed by atoms with Gasteiger partial charge >= 0.3 is 0 Å². The van der Waals surface area contributed by atoms with Gasteiger partial charge in [-0.1, -0.05) is 36.4 Å². The highest BCUT2D eigenvalue weighted by Crippen LogP contribution is 2.44. The molecular formula is C26H28ClN3O2. The van der Waals surface area contributed by atoms with Crippen molar-refractivity contribution >= 4 is 34.8 Å². The molecule has 1 aliphatic carbocycles. The fourth-order valence-corrected chi connectivity index (χ4v) is 5.93. The first-order chi connectivity index (χ1) is 15.2. The van der Waals surface area contributed by atoms with Gasteiger partial charge in [0.15, 0.2) is 0 Å². The molecule has 0 bridgehead atoms. The van der Waals surface area contributed by atoms with Crippen LogP contribution in [0.3, 0.4) is 0 Å². The molecule has 6 rings (SSSR count). The Hall–Kier alpha value is -2.76. The van der Waals surface area contributed by atoms with Gasteiger partial charge < -0.3 is 15.0 Å². The van der Waals surface area contributed by atoms with Crippen LogP contribution in [-0.4, -0.2) is 43.2 Å². The summed E-state index contributed by atoms with van der Waals surface area (Å²) in [4.78, 5) is 17.9. The normalized spacial score (nSPS) is 21.6. The number of carbonyl (C=O) groups is 1.